The summed E-state index contributed by atoms with van der Waals surface area (Å²) in [5, 5.41) is 9.84. The van der Waals surface area contributed by atoms with E-state index in [1.165, 1.54) is 4.90 Å². The van der Waals surface area contributed by atoms with Gasteiger partial charge in [0, 0.05) is 44.8 Å². The highest BCUT2D eigenvalue weighted by Gasteiger charge is 2.46. The second-order valence-corrected chi connectivity index (χ2v) is 10.0. The Balaban J connectivity index is 2.14. The van der Waals surface area contributed by atoms with Crippen LogP contribution >= 0.6 is 0 Å². The number of likely N-dealkylation sites (tertiary alicyclic amines) is 1. The van der Waals surface area contributed by atoms with Crippen LogP contribution in [0.25, 0.3) is 0 Å². The Morgan fingerprint density at radius 1 is 1.04 bits per heavy atom. The lowest BCUT2D eigenvalue weighted by Gasteiger charge is -2.47. The van der Waals surface area contributed by atoms with E-state index in [0.29, 0.717) is 13.1 Å². The molecule has 2 heterocycles. The van der Waals surface area contributed by atoms with Crippen LogP contribution in [0.3, 0.4) is 0 Å². The van der Waals surface area contributed by atoms with Gasteiger partial charge in [-0.05, 0) is 39.0 Å². The quantitative estimate of drug-likeness (QED) is 0.794. The highest BCUT2D eigenvalue weighted by molar-refractivity contribution is 5.86. The van der Waals surface area contributed by atoms with Gasteiger partial charge in [-0.25, -0.2) is 9.59 Å². The molecule has 0 radical (unpaired) electrons. The predicted octanol–water partition coefficient (Wildman–Crippen LogP) is 2.54. The van der Waals surface area contributed by atoms with Crippen LogP contribution in [0, 0.1) is 5.41 Å². The van der Waals surface area contributed by atoms with Crippen LogP contribution < -0.4 is 0 Å². The lowest BCUT2D eigenvalue weighted by molar-refractivity contribution is -0.144. The van der Waals surface area contributed by atoms with Crippen LogP contribution in [0.15, 0.2) is 0 Å². The van der Waals surface area contributed by atoms with Gasteiger partial charge in [-0.1, -0.05) is 20.8 Å². The zero-order valence-electron chi connectivity index (χ0n) is 18.4. The fourth-order valence-corrected chi connectivity index (χ4v) is 4.23. The number of rotatable bonds is 3. The first-order chi connectivity index (χ1) is 12.7. The van der Waals surface area contributed by atoms with E-state index in [1.807, 2.05) is 53.5 Å². The van der Waals surface area contributed by atoms with Crippen LogP contribution in [-0.4, -0.2) is 93.6 Å². The minimum Gasteiger partial charge on any atom is -0.465 e. The summed E-state index contributed by atoms with van der Waals surface area (Å²) in [6, 6.07) is -0.559. The molecule has 2 rings (SSSR count). The molecule has 0 bridgehead atoms. The summed E-state index contributed by atoms with van der Waals surface area (Å²) in [7, 11) is 1.81. The van der Waals surface area contributed by atoms with Crippen molar-refractivity contribution >= 4 is 18.0 Å². The first kappa shape index (κ1) is 22.3. The van der Waals surface area contributed by atoms with Crippen molar-refractivity contribution in [2.75, 3.05) is 33.2 Å². The summed E-state index contributed by atoms with van der Waals surface area (Å²) in [5.74, 6) is -0.145. The maximum Gasteiger partial charge on any atom is 0.408 e. The third kappa shape index (κ3) is 4.52. The fraction of sp³-hybridized carbons (Fsp3) is 0.850. The predicted molar refractivity (Wildman–Crippen MR) is 107 cm³/mol. The number of hydrogen-bond acceptors (Lipinski definition) is 3. The number of carbonyl (C=O) groups excluding carboxylic acids is 2. The topological polar surface area (TPSA) is 84.4 Å². The van der Waals surface area contributed by atoms with Gasteiger partial charge in [0.05, 0.1) is 0 Å². The van der Waals surface area contributed by atoms with Crippen molar-refractivity contribution < 1.29 is 19.5 Å². The molecule has 0 saturated carbocycles. The zero-order valence-corrected chi connectivity index (χ0v) is 18.4. The van der Waals surface area contributed by atoms with Crippen LogP contribution in [-0.2, 0) is 4.79 Å². The molecule has 1 N–H and O–H groups in total. The van der Waals surface area contributed by atoms with E-state index in [4.69, 9.17) is 0 Å². The minimum absolute atomic E-state index is 0.0575. The van der Waals surface area contributed by atoms with Crippen molar-refractivity contribution in [2.45, 2.75) is 72.0 Å². The molecule has 160 valence electrons. The lowest BCUT2D eigenvalue weighted by atomic mass is 9.82. The van der Waals surface area contributed by atoms with Gasteiger partial charge in [0.2, 0.25) is 5.91 Å². The number of urea groups is 1. The van der Waals surface area contributed by atoms with Gasteiger partial charge in [-0.15, -0.1) is 0 Å². The Morgan fingerprint density at radius 2 is 1.57 bits per heavy atom. The molecule has 28 heavy (non-hydrogen) atoms. The van der Waals surface area contributed by atoms with Crippen LogP contribution in [0.4, 0.5) is 9.59 Å². The van der Waals surface area contributed by atoms with Crippen molar-refractivity contribution in [3.8, 4) is 0 Å². The fourth-order valence-electron chi connectivity index (χ4n) is 4.23. The van der Waals surface area contributed by atoms with Gasteiger partial charge < -0.3 is 19.8 Å². The van der Waals surface area contributed by atoms with E-state index >= 15 is 0 Å². The van der Waals surface area contributed by atoms with Gasteiger partial charge in [-0.2, -0.15) is 0 Å². The summed E-state index contributed by atoms with van der Waals surface area (Å²) in [4.78, 5) is 44.4. The van der Waals surface area contributed by atoms with Crippen LogP contribution in [0.5, 0.6) is 0 Å². The largest absolute Gasteiger partial charge is 0.465 e. The van der Waals surface area contributed by atoms with Gasteiger partial charge in [0.1, 0.15) is 6.04 Å². The summed E-state index contributed by atoms with van der Waals surface area (Å²) >= 11 is 0. The molecule has 1 atom stereocenters. The maximum atomic E-state index is 13.4. The first-order valence-corrected chi connectivity index (χ1v) is 10.1. The average Bonchev–Trinajstić information content (AvgIpc) is 2.89. The molecule has 0 aliphatic carbocycles. The molecular formula is C20H36N4O4. The molecule has 2 saturated heterocycles. The second kappa shape index (κ2) is 7.79. The Labute approximate surface area is 168 Å². The average molecular weight is 397 g/mol. The molecule has 0 aromatic carbocycles. The smallest absolute Gasteiger partial charge is 0.408 e. The van der Waals surface area contributed by atoms with Crippen molar-refractivity contribution in [3.63, 3.8) is 0 Å². The number of carboxylic acid groups (broad SMARTS) is 1. The Kier molecular flexibility index (Phi) is 6.21. The summed E-state index contributed by atoms with van der Waals surface area (Å²) in [5.41, 5.74) is -1.22. The van der Waals surface area contributed by atoms with E-state index in [2.05, 4.69) is 0 Å². The number of likely N-dealkylation sites (N-methyl/N-ethyl adjacent to an activating group) is 1. The van der Waals surface area contributed by atoms with Gasteiger partial charge in [0.15, 0.2) is 0 Å². The molecule has 2 aliphatic heterocycles. The van der Waals surface area contributed by atoms with Crippen molar-refractivity contribution in [3.05, 3.63) is 0 Å². The van der Waals surface area contributed by atoms with Crippen molar-refractivity contribution in [1.29, 1.82) is 0 Å². The lowest BCUT2D eigenvalue weighted by Crippen LogP contribution is -2.63. The SMILES string of the molecule is CN1CCN(C2CCN(C(=O)[C@H](N(C(=O)O)C(C)(C)C)C(C)(C)C)CC2)C1=O. The molecule has 8 nitrogen and oxygen atoms in total. The standard InChI is InChI=1S/C20H36N4O4/c1-19(2,3)15(24(18(27)28)20(4,5)6)16(25)22-10-8-14(9-11-22)23-13-12-21(7)17(23)26/h14-15H,8-13H2,1-7H3,(H,27,28)/t15-/m0/s1. The van der Waals surface area contributed by atoms with Gasteiger partial charge in [-0.3, -0.25) is 9.69 Å². The van der Waals surface area contributed by atoms with E-state index in [0.717, 1.165) is 25.9 Å². The normalized spacial score (nSPS) is 20.5. The number of nitrogens with zero attached hydrogens (tertiary/aromatic N) is 4. The van der Waals surface area contributed by atoms with E-state index < -0.39 is 23.1 Å². The molecule has 2 fully saturated rings. The summed E-state index contributed by atoms with van der Waals surface area (Å²) in [6.07, 6.45) is 0.372. The Morgan fingerprint density at radius 3 is 1.93 bits per heavy atom. The first-order valence-electron chi connectivity index (χ1n) is 10.1. The minimum atomic E-state index is -1.08. The molecule has 0 aromatic rings. The maximum absolute atomic E-state index is 13.4. The van der Waals surface area contributed by atoms with Crippen LogP contribution in [0.2, 0.25) is 0 Å². The number of piperidine rings is 1. The van der Waals surface area contributed by atoms with Crippen molar-refractivity contribution in [1.82, 2.24) is 19.6 Å². The third-order valence-corrected chi connectivity index (χ3v) is 5.71. The van der Waals surface area contributed by atoms with E-state index in [9.17, 15) is 19.5 Å². The van der Waals surface area contributed by atoms with Gasteiger partial charge >= 0.3 is 12.1 Å². The highest BCUT2D eigenvalue weighted by atomic mass is 16.4. The summed E-state index contributed by atoms with van der Waals surface area (Å²) < 4.78 is 0. The van der Waals surface area contributed by atoms with E-state index in [1.54, 1.807) is 9.80 Å². The molecule has 2 aliphatic rings. The van der Waals surface area contributed by atoms with E-state index in [-0.39, 0.29) is 18.0 Å². The molecular weight excluding hydrogens is 360 g/mol. The van der Waals surface area contributed by atoms with Gasteiger partial charge in [0.25, 0.3) is 0 Å². The number of carbonyl (C=O) groups is 3. The third-order valence-electron chi connectivity index (χ3n) is 5.71. The molecule has 4 amide bonds. The van der Waals surface area contributed by atoms with Crippen LogP contribution in [0.1, 0.15) is 54.4 Å². The highest BCUT2D eigenvalue weighted by Crippen LogP contribution is 2.32. The molecule has 8 heteroatoms. The van der Waals surface area contributed by atoms with Crippen molar-refractivity contribution in [2.24, 2.45) is 5.41 Å². The molecule has 0 unspecified atom stereocenters. The second-order valence-electron chi connectivity index (χ2n) is 10.0. The molecule has 0 aromatic heterocycles. The number of hydrogen-bond donors (Lipinski definition) is 1. The molecule has 0 spiro atoms. The zero-order chi connectivity index (χ0) is 21.4. The number of amides is 4. The monoisotopic (exact) mass is 396 g/mol. The summed E-state index contributed by atoms with van der Waals surface area (Å²) in [6.45, 7) is 13.7. The Bertz CT molecular complexity index is 615. The Hall–Kier alpha value is -1.99.